The summed E-state index contributed by atoms with van der Waals surface area (Å²) in [5.41, 5.74) is 2.38. The van der Waals surface area contributed by atoms with Gasteiger partial charge in [0.05, 0.1) is 17.1 Å². The van der Waals surface area contributed by atoms with Gasteiger partial charge in [0.25, 0.3) is 0 Å². The van der Waals surface area contributed by atoms with Crippen molar-refractivity contribution in [3.63, 3.8) is 0 Å². The summed E-state index contributed by atoms with van der Waals surface area (Å²) in [5, 5.41) is 3.61. The molecular formula is C15H21N3. The van der Waals surface area contributed by atoms with Crippen molar-refractivity contribution >= 4 is 11.0 Å². The minimum absolute atomic E-state index is 0.425. The zero-order chi connectivity index (χ0) is 12.5. The predicted octanol–water partition coefficient (Wildman–Crippen LogP) is 3.43. The molecule has 2 heterocycles. The van der Waals surface area contributed by atoms with Crippen molar-refractivity contribution in [1.29, 1.82) is 0 Å². The van der Waals surface area contributed by atoms with Crippen LogP contribution in [-0.4, -0.2) is 16.1 Å². The third-order valence-corrected chi connectivity index (χ3v) is 3.76. The van der Waals surface area contributed by atoms with Crippen LogP contribution in [0.5, 0.6) is 0 Å². The number of hydrogen-bond acceptors (Lipinski definition) is 2. The smallest absolute Gasteiger partial charge is 0.127 e. The SMILES string of the molecule is CC(C)n1c(C2CCCCN2)nc2ccccc21. The van der Waals surface area contributed by atoms with Crippen LogP contribution < -0.4 is 5.32 Å². The van der Waals surface area contributed by atoms with E-state index in [2.05, 4.69) is 48.0 Å². The Morgan fingerprint density at radius 2 is 2.11 bits per heavy atom. The van der Waals surface area contributed by atoms with E-state index in [1.807, 2.05) is 0 Å². The first-order valence-corrected chi connectivity index (χ1v) is 6.97. The summed E-state index contributed by atoms with van der Waals surface area (Å²) in [6.07, 6.45) is 3.80. The molecule has 1 fully saturated rings. The molecule has 1 N–H and O–H groups in total. The lowest BCUT2D eigenvalue weighted by Gasteiger charge is -2.25. The van der Waals surface area contributed by atoms with Crippen LogP contribution >= 0.6 is 0 Å². The molecule has 1 aromatic heterocycles. The van der Waals surface area contributed by atoms with Crippen LogP contribution in [0.3, 0.4) is 0 Å². The highest BCUT2D eigenvalue weighted by atomic mass is 15.1. The second-order valence-electron chi connectivity index (χ2n) is 5.42. The molecule has 1 unspecified atom stereocenters. The number of nitrogens with one attached hydrogen (secondary N) is 1. The molecule has 0 radical (unpaired) electrons. The molecule has 0 bridgehead atoms. The Bertz CT molecular complexity index is 536. The third kappa shape index (κ3) is 1.93. The largest absolute Gasteiger partial charge is 0.324 e. The van der Waals surface area contributed by atoms with E-state index in [0.29, 0.717) is 12.1 Å². The number of para-hydroxylation sites is 2. The number of nitrogens with zero attached hydrogens (tertiary/aromatic N) is 2. The van der Waals surface area contributed by atoms with Gasteiger partial charge in [-0.1, -0.05) is 18.6 Å². The summed E-state index contributed by atoms with van der Waals surface area (Å²) in [6, 6.07) is 9.33. The number of benzene rings is 1. The summed E-state index contributed by atoms with van der Waals surface area (Å²) >= 11 is 0. The van der Waals surface area contributed by atoms with Gasteiger partial charge < -0.3 is 9.88 Å². The van der Waals surface area contributed by atoms with E-state index in [4.69, 9.17) is 4.98 Å². The van der Waals surface area contributed by atoms with Gasteiger partial charge in [0.1, 0.15) is 5.82 Å². The number of aromatic nitrogens is 2. The lowest BCUT2D eigenvalue weighted by Crippen LogP contribution is -2.29. The van der Waals surface area contributed by atoms with Crippen molar-refractivity contribution in [2.45, 2.75) is 45.2 Å². The number of rotatable bonds is 2. The van der Waals surface area contributed by atoms with Crippen LogP contribution in [0.25, 0.3) is 11.0 Å². The molecule has 0 saturated carbocycles. The van der Waals surface area contributed by atoms with Crippen LogP contribution in [0, 0.1) is 0 Å². The average Bonchev–Trinajstić information content (AvgIpc) is 2.79. The molecule has 3 rings (SSSR count). The first kappa shape index (κ1) is 11.7. The van der Waals surface area contributed by atoms with Crippen molar-refractivity contribution in [3.05, 3.63) is 30.1 Å². The van der Waals surface area contributed by atoms with Gasteiger partial charge in [0.15, 0.2) is 0 Å². The van der Waals surface area contributed by atoms with E-state index in [1.165, 1.54) is 30.6 Å². The Morgan fingerprint density at radius 3 is 2.83 bits per heavy atom. The highest BCUT2D eigenvalue weighted by Crippen LogP contribution is 2.28. The van der Waals surface area contributed by atoms with Crippen molar-refractivity contribution in [2.75, 3.05) is 6.54 Å². The normalized spacial score (nSPS) is 20.7. The van der Waals surface area contributed by atoms with Crippen molar-refractivity contribution in [2.24, 2.45) is 0 Å². The maximum atomic E-state index is 4.86. The van der Waals surface area contributed by atoms with E-state index >= 15 is 0 Å². The van der Waals surface area contributed by atoms with E-state index in [1.54, 1.807) is 0 Å². The maximum Gasteiger partial charge on any atom is 0.127 e. The summed E-state index contributed by atoms with van der Waals surface area (Å²) in [7, 11) is 0. The maximum absolute atomic E-state index is 4.86. The summed E-state index contributed by atoms with van der Waals surface area (Å²) in [5.74, 6) is 1.21. The van der Waals surface area contributed by atoms with E-state index in [0.717, 1.165) is 12.1 Å². The lowest BCUT2D eigenvalue weighted by atomic mass is 10.0. The number of piperidine rings is 1. The van der Waals surface area contributed by atoms with Crippen molar-refractivity contribution in [1.82, 2.24) is 14.9 Å². The number of imidazole rings is 1. The molecule has 0 spiro atoms. The summed E-state index contributed by atoms with van der Waals surface area (Å²) in [6.45, 7) is 5.59. The summed E-state index contributed by atoms with van der Waals surface area (Å²) in [4.78, 5) is 4.86. The third-order valence-electron chi connectivity index (χ3n) is 3.76. The minimum Gasteiger partial charge on any atom is -0.324 e. The van der Waals surface area contributed by atoms with E-state index < -0.39 is 0 Å². The highest BCUT2D eigenvalue weighted by Gasteiger charge is 2.22. The first-order valence-electron chi connectivity index (χ1n) is 6.97. The second-order valence-corrected chi connectivity index (χ2v) is 5.42. The molecule has 0 aliphatic carbocycles. The molecular weight excluding hydrogens is 222 g/mol. The minimum atomic E-state index is 0.425. The van der Waals surface area contributed by atoms with Gasteiger partial charge in [0, 0.05) is 6.04 Å². The van der Waals surface area contributed by atoms with Crippen LogP contribution in [0.4, 0.5) is 0 Å². The molecule has 1 atom stereocenters. The topological polar surface area (TPSA) is 29.9 Å². The zero-order valence-electron chi connectivity index (χ0n) is 11.2. The molecule has 0 amide bonds. The fourth-order valence-corrected chi connectivity index (χ4v) is 2.92. The Kier molecular flexibility index (Phi) is 3.08. The predicted molar refractivity (Wildman–Crippen MR) is 74.7 cm³/mol. The zero-order valence-corrected chi connectivity index (χ0v) is 11.2. The van der Waals surface area contributed by atoms with Gasteiger partial charge in [-0.15, -0.1) is 0 Å². The highest BCUT2D eigenvalue weighted by molar-refractivity contribution is 5.76. The molecule has 3 heteroatoms. The molecule has 96 valence electrons. The second kappa shape index (κ2) is 4.73. The molecule has 3 nitrogen and oxygen atoms in total. The summed E-state index contributed by atoms with van der Waals surface area (Å²) < 4.78 is 2.39. The quantitative estimate of drug-likeness (QED) is 0.875. The lowest BCUT2D eigenvalue weighted by molar-refractivity contribution is 0.380. The molecule has 18 heavy (non-hydrogen) atoms. The Morgan fingerprint density at radius 1 is 1.28 bits per heavy atom. The van der Waals surface area contributed by atoms with Crippen molar-refractivity contribution < 1.29 is 0 Å². The van der Waals surface area contributed by atoms with Crippen molar-refractivity contribution in [3.8, 4) is 0 Å². The standard InChI is InChI=1S/C15H21N3/c1-11(2)18-14-9-4-3-7-12(14)17-15(18)13-8-5-6-10-16-13/h3-4,7,9,11,13,16H,5-6,8,10H2,1-2H3. The molecule has 1 saturated heterocycles. The van der Waals surface area contributed by atoms with Gasteiger partial charge in [-0.25, -0.2) is 4.98 Å². The van der Waals surface area contributed by atoms with Gasteiger partial charge in [-0.05, 0) is 45.4 Å². The van der Waals surface area contributed by atoms with Gasteiger partial charge in [-0.3, -0.25) is 0 Å². The van der Waals surface area contributed by atoms with E-state index in [9.17, 15) is 0 Å². The van der Waals surface area contributed by atoms with E-state index in [-0.39, 0.29) is 0 Å². The monoisotopic (exact) mass is 243 g/mol. The molecule has 1 aromatic carbocycles. The van der Waals surface area contributed by atoms with Gasteiger partial charge >= 0.3 is 0 Å². The van der Waals surface area contributed by atoms with Crippen LogP contribution in [0.1, 0.15) is 51.0 Å². The Labute approximate surface area is 108 Å². The molecule has 2 aromatic rings. The fraction of sp³-hybridized carbons (Fsp3) is 0.533. The van der Waals surface area contributed by atoms with Crippen LogP contribution in [-0.2, 0) is 0 Å². The van der Waals surface area contributed by atoms with Gasteiger partial charge in [0.2, 0.25) is 0 Å². The molecule has 1 aliphatic rings. The van der Waals surface area contributed by atoms with Crippen LogP contribution in [0.15, 0.2) is 24.3 Å². The Hall–Kier alpha value is -1.35. The van der Waals surface area contributed by atoms with Crippen LogP contribution in [0.2, 0.25) is 0 Å². The number of fused-ring (bicyclic) bond motifs is 1. The average molecular weight is 243 g/mol. The van der Waals surface area contributed by atoms with Gasteiger partial charge in [-0.2, -0.15) is 0 Å². The molecule has 1 aliphatic heterocycles. The number of hydrogen-bond donors (Lipinski definition) is 1. The fourth-order valence-electron chi connectivity index (χ4n) is 2.92. The first-order chi connectivity index (χ1) is 8.77. The Balaban J connectivity index is 2.11.